The third-order valence-electron chi connectivity index (χ3n) is 2.16. The van der Waals surface area contributed by atoms with Gasteiger partial charge in [0.25, 0.3) is 0 Å². The number of aromatic nitrogens is 2. The zero-order valence-corrected chi connectivity index (χ0v) is 11.2. The van der Waals surface area contributed by atoms with Crippen molar-refractivity contribution in [2.75, 3.05) is 20.8 Å². The molecule has 0 radical (unpaired) electrons. The summed E-state index contributed by atoms with van der Waals surface area (Å²) in [6.07, 6.45) is 1.93. The number of aliphatic hydroxyl groups excluding tert-OH is 1. The van der Waals surface area contributed by atoms with Crippen molar-refractivity contribution in [3.8, 4) is 11.8 Å². The number of hydrogen-bond acceptors (Lipinski definition) is 6. The molecule has 0 spiro atoms. The summed E-state index contributed by atoms with van der Waals surface area (Å²) in [5.41, 5.74) is 0. The summed E-state index contributed by atoms with van der Waals surface area (Å²) in [7, 11) is 3.09. The smallest absolute Gasteiger partial charge is 0.220 e. The molecule has 0 aromatic carbocycles. The molecule has 0 amide bonds. The zero-order valence-electron chi connectivity index (χ0n) is 10.3. The molecule has 1 aromatic heterocycles. The van der Waals surface area contributed by atoms with Crippen LogP contribution < -0.4 is 9.47 Å². The van der Waals surface area contributed by atoms with Gasteiger partial charge in [0.05, 0.1) is 26.9 Å². The lowest BCUT2D eigenvalue weighted by Crippen LogP contribution is -2.09. The molecule has 0 bridgehead atoms. The topological polar surface area (TPSA) is 64.5 Å². The van der Waals surface area contributed by atoms with Crippen LogP contribution in [0.1, 0.15) is 19.8 Å². The van der Waals surface area contributed by atoms with Crippen molar-refractivity contribution in [1.82, 2.24) is 9.97 Å². The summed E-state index contributed by atoms with van der Waals surface area (Å²) in [6, 6.07) is 1.62. The maximum absolute atomic E-state index is 9.23. The van der Waals surface area contributed by atoms with Gasteiger partial charge < -0.3 is 14.6 Å². The van der Waals surface area contributed by atoms with E-state index in [4.69, 9.17) is 9.47 Å². The van der Waals surface area contributed by atoms with Gasteiger partial charge >= 0.3 is 0 Å². The monoisotopic (exact) mass is 258 g/mol. The molecule has 1 heterocycles. The van der Waals surface area contributed by atoms with Gasteiger partial charge in [-0.25, -0.2) is 0 Å². The molecule has 6 heteroatoms. The van der Waals surface area contributed by atoms with Crippen LogP contribution in [0.4, 0.5) is 0 Å². The molecule has 1 N–H and O–H groups in total. The summed E-state index contributed by atoms with van der Waals surface area (Å²) in [4.78, 5) is 8.42. The molecule has 1 rings (SSSR count). The fourth-order valence-corrected chi connectivity index (χ4v) is 2.32. The van der Waals surface area contributed by atoms with E-state index in [-0.39, 0.29) is 11.9 Å². The molecule has 17 heavy (non-hydrogen) atoms. The molecule has 1 atom stereocenters. The van der Waals surface area contributed by atoms with Gasteiger partial charge in [-0.2, -0.15) is 9.97 Å². The Hall–Kier alpha value is -1.01. The summed E-state index contributed by atoms with van der Waals surface area (Å²) in [6.45, 7) is 2.19. The fraction of sp³-hybridized carbons (Fsp3) is 0.636. The number of aliphatic hydroxyl groups is 1. The molecule has 0 fully saturated rings. The van der Waals surface area contributed by atoms with Gasteiger partial charge in [-0.1, -0.05) is 25.1 Å². The standard InChI is InChI=1S/C11H18N2O3S/c1-4-5-8(7-14)17-11-12-9(15-2)6-10(13-11)16-3/h6,8,14H,4-5,7H2,1-3H3. The van der Waals surface area contributed by atoms with Gasteiger partial charge in [0.2, 0.25) is 11.8 Å². The summed E-state index contributed by atoms with van der Waals surface area (Å²) in [5, 5.41) is 9.90. The Bertz CT molecular complexity index is 327. The molecule has 0 aliphatic carbocycles. The van der Waals surface area contributed by atoms with Crippen molar-refractivity contribution in [2.45, 2.75) is 30.2 Å². The van der Waals surface area contributed by atoms with Crippen LogP contribution in [0.25, 0.3) is 0 Å². The van der Waals surface area contributed by atoms with Gasteiger partial charge in [0.15, 0.2) is 5.16 Å². The van der Waals surface area contributed by atoms with Crippen molar-refractivity contribution in [2.24, 2.45) is 0 Å². The van der Waals surface area contributed by atoms with E-state index in [0.29, 0.717) is 16.9 Å². The van der Waals surface area contributed by atoms with Crippen LogP contribution >= 0.6 is 11.8 Å². The van der Waals surface area contributed by atoms with Crippen LogP contribution in [-0.4, -0.2) is 41.2 Å². The maximum Gasteiger partial charge on any atom is 0.220 e. The lowest BCUT2D eigenvalue weighted by Gasteiger charge is -2.12. The lowest BCUT2D eigenvalue weighted by atomic mass is 10.3. The highest BCUT2D eigenvalue weighted by molar-refractivity contribution is 7.99. The van der Waals surface area contributed by atoms with E-state index in [2.05, 4.69) is 16.9 Å². The van der Waals surface area contributed by atoms with Gasteiger partial charge in [-0.3, -0.25) is 0 Å². The second-order valence-corrected chi connectivity index (χ2v) is 4.71. The normalized spacial score (nSPS) is 12.2. The number of methoxy groups -OCH3 is 2. The second kappa shape index (κ2) is 7.34. The van der Waals surface area contributed by atoms with E-state index in [1.807, 2.05) is 0 Å². The third kappa shape index (κ3) is 4.40. The number of hydrogen-bond donors (Lipinski definition) is 1. The highest BCUT2D eigenvalue weighted by Gasteiger charge is 2.13. The molecular formula is C11H18N2O3S. The minimum absolute atomic E-state index is 0.108. The first-order chi connectivity index (χ1) is 8.23. The van der Waals surface area contributed by atoms with Gasteiger partial charge in [0.1, 0.15) is 0 Å². The first kappa shape index (κ1) is 14.1. The van der Waals surface area contributed by atoms with Crippen molar-refractivity contribution >= 4 is 11.8 Å². The van der Waals surface area contributed by atoms with E-state index < -0.39 is 0 Å². The highest BCUT2D eigenvalue weighted by atomic mass is 32.2. The number of ether oxygens (including phenoxy) is 2. The zero-order chi connectivity index (χ0) is 12.7. The molecule has 1 aromatic rings. The SMILES string of the molecule is CCCC(CO)Sc1nc(OC)cc(OC)n1. The predicted octanol–water partition coefficient (Wildman–Crippen LogP) is 1.75. The Morgan fingerprint density at radius 3 is 2.29 bits per heavy atom. The van der Waals surface area contributed by atoms with Crippen molar-refractivity contribution < 1.29 is 14.6 Å². The molecular weight excluding hydrogens is 240 g/mol. The van der Waals surface area contributed by atoms with Crippen LogP contribution in [0.2, 0.25) is 0 Å². The number of nitrogens with zero attached hydrogens (tertiary/aromatic N) is 2. The minimum Gasteiger partial charge on any atom is -0.481 e. The van der Waals surface area contributed by atoms with E-state index in [9.17, 15) is 5.11 Å². The average molecular weight is 258 g/mol. The molecule has 0 aliphatic rings. The van der Waals surface area contributed by atoms with Gasteiger partial charge in [-0.15, -0.1) is 0 Å². The van der Waals surface area contributed by atoms with Crippen molar-refractivity contribution in [1.29, 1.82) is 0 Å². The van der Waals surface area contributed by atoms with Crippen molar-refractivity contribution in [3.05, 3.63) is 6.07 Å². The van der Waals surface area contributed by atoms with E-state index in [0.717, 1.165) is 12.8 Å². The maximum atomic E-state index is 9.23. The Labute approximate surface area is 106 Å². The average Bonchev–Trinajstić information content (AvgIpc) is 2.37. The first-order valence-corrected chi connectivity index (χ1v) is 6.36. The minimum atomic E-state index is 0.108. The Morgan fingerprint density at radius 2 is 1.88 bits per heavy atom. The molecule has 0 saturated heterocycles. The number of rotatable bonds is 7. The second-order valence-electron chi connectivity index (χ2n) is 3.45. The van der Waals surface area contributed by atoms with Crippen LogP contribution in [0, 0.1) is 0 Å². The largest absolute Gasteiger partial charge is 0.481 e. The van der Waals surface area contributed by atoms with Crippen LogP contribution in [0.15, 0.2) is 11.2 Å². The Kier molecular flexibility index (Phi) is 6.07. The van der Waals surface area contributed by atoms with E-state index in [1.54, 1.807) is 20.3 Å². The van der Waals surface area contributed by atoms with Crippen molar-refractivity contribution in [3.63, 3.8) is 0 Å². The quantitative estimate of drug-likeness (QED) is 0.594. The molecule has 96 valence electrons. The van der Waals surface area contributed by atoms with Gasteiger partial charge in [0, 0.05) is 5.25 Å². The highest BCUT2D eigenvalue weighted by Crippen LogP contribution is 2.26. The lowest BCUT2D eigenvalue weighted by molar-refractivity contribution is 0.289. The number of thioether (sulfide) groups is 1. The predicted molar refractivity (Wildman–Crippen MR) is 66.8 cm³/mol. The molecule has 5 nitrogen and oxygen atoms in total. The summed E-state index contributed by atoms with van der Waals surface area (Å²) >= 11 is 1.44. The third-order valence-corrected chi connectivity index (χ3v) is 3.27. The van der Waals surface area contributed by atoms with E-state index >= 15 is 0 Å². The van der Waals surface area contributed by atoms with Crippen LogP contribution in [-0.2, 0) is 0 Å². The summed E-state index contributed by atoms with van der Waals surface area (Å²) in [5.74, 6) is 0.931. The Balaban J connectivity index is 2.81. The Morgan fingerprint density at radius 1 is 1.29 bits per heavy atom. The van der Waals surface area contributed by atoms with E-state index in [1.165, 1.54) is 11.8 Å². The fourth-order valence-electron chi connectivity index (χ4n) is 1.30. The first-order valence-electron chi connectivity index (χ1n) is 5.48. The molecule has 0 saturated carbocycles. The summed E-state index contributed by atoms with van der Waals surface area (Å²) < 4.78 is 10.1. The van der Waals surface area contributed by atoms with Gasteiger partial charge in [-0.05, 0) is 6.42 Å². The van der Waals surface area contributed by atoms with Crippen LogP contribution in [0.5, 0.6) is 11.8 Å². The molecule has 0 aliphatic heterocycles. The van der Waals surface area contributed by atoms with Crippen LogP contribution in [0.3, 0.4) is 0 Å². The molecule has 1 unspecified atom stereocenters.